The number of esters is 1. The smallest absolute Gasteiger partial charge is 0.392 e. The molecule has 0 saturated carbocycles. The van der Waals surface area contributed by atoms with Crippen LogP contribution >= 0.6 is 0 Å². The fourth-order valence-electron chi connectivity index (χ4n) is 0.899. The molecule has 0 heterocycles. The second-order valence-corrected chi connectivity index (χ2v) is 3.38. The molecule has 0 saturated heterocycles. The van der Waals surface area contributed by atoms with Crippen LogP contribution in [0.5, 0.6) is 0 Å². The average Bonchev–Trinajstić information content (AvgIpc) is 1.80. The lowest BCUT2D eigenvalue weighted by atomic mass is 10.1. The predicted molar refractivity (Wildman–Crippen MR) is 41.1 cm³/mol. The van der Waals surface area contributed by atoms with Crippen LogP contribution in [0.2, 0.25) is 0 Å². The van der Waals surface area contributed by atoms with Crippen molar-refractivity contribution in [1.82, 2.24) is 0 Å². The van der Waals surface area contributed by atoms with Gasteiger partial charge in [0.1, 0.15) is 5.60 Å². The molecule has 0 fully saturated rings. The van der Waals surface area contributed by atoms with Gasteiger partial charge in [-0.3, -0.25) is 4.79 Å². The van der Waals surface area contributed by atoms with Crippen molar-refractivity contribution in [3.63, 3.8) is 0 Å². The fraction of sp³-hybridized carbons (Fsp3) is 0.875. The third kappa shape index (κ3) is 6.42. The lowest BCUT2D eigenvalue weighted by molar-refractivity contribution is -0.188. The van der Waals surface area contributed by atoms with Crippen LogP contribution in [-0.2, 0) is 9.53 Å². The Labute approximate surface area is 75.1 Å². The van der Waals surface area contributed by atoms with Crippen LogP contribution in [0.25, 0.3) is 0 Å². The first-order chi connectivity index (χ1) is 5.66. The number of rotatable bonds is 3. The number of carbonyl (C=O) groups is 1. The SMILES string of the molecule is CCC(=O)OC(C)(C)CC(F)(F)F. The van der Waals surface area contributed by atoms with E-state index in [9.17, 15) is 18.0 Å². The predicted octanol–water partition coefficient (Wildman–Crippen LogP) is 2.67. The van der Waals surface area contributed by atoms with Gasteiger partial charge in [0.2, 0.25) is 0 Å². The van der Waals surface area contributed by atoms with Gasteiger partial charge in [-0.2, -0.15) is 13.2 Å². The molecule has 5 heteroatoms. The van der Waals surface area contributed by atoms with E-state index in [0.29, 0.717) is 0 Å². The Morgan fingerprint density at radius 1 is 1.31 bits per heavy atom. The molecule has 0 aliphatic heterocycles. The highest BCUT2D eigenvalue weighted by Crippen LogP contribution is 2.29. The molecule has 13 heavy (non-hydrogen) atoms. The van der Waals surface area contributed by atoms with Crippen molar-refractivity contribution in [2.45, 2.75) is 45.4 Å². The van der Waals surface area contributed by atoms with Crippen molar-refractivity contribution >= 4 is 5.97 Å². The van der Waals surface area contributed by atoms with E-state index >= 15 is 0 Å². The second kappa shape index (κ2) is 3.98. The second-order valence-electron chi connectivity index (χ2n) is 3.38. The molecule has 0 unspecified atom stereocenters. The molecule has 78 valence electrons. The molecule has 0 aromatic rings. The zero-order valence-corrected chi connectivity index (χ0v) is 7.86. The van der Waals surface area contributed by atoms with E-state index in [1.54, 1.807) is 0 Å². The quantitative estimate of drug-likeness (QED) is 0.651. The number of alkyl halides is 3. The molecule has 0 aromatic carbocycles. The van der Waals surface area contributed by atoms with Gasteiger partial charge in [0.15, 0.2) is 0 Å². The van der Waals surface area contributed by atoms with Crippen molar-refractivity contribution in [2.24, 2.45) is 0 Å². The maximum Gasteiger partial charge on any atom is 0.392 e. The summed E-state index contributed by atoms with van der Waals surface area (Å²) in [6.45, 7) is 4.02. The Bertz CT molecular complexity index is 184. The Balaban J connectivity index is 4.16. The van der Waals surface area contributed by atoms with Crippen LogP contribution in [0.3, 0.4) is 0 Å². The van der Waals surface area contributed by atoms with Crippen LogP contribution in [0.1, 0.15) is 33.6 Å². The maximum absolute atomic E-state index is 11.9. The van der Waals surface area contributed by atoms with E-state index in [1.165, 1.54) is 20.8 Å². The van der Waals surface area contributed by atoms with Gasteiger partial charge in [0, 0.05) is 6.42 Å². The number of hydrogen-bond donors (Lipinski definition) is 0. The van der Waals surface area contributed by atoms with E-state index in [2.05, 4.69) is 4.74 Å². The Hall–Kier alpha value is -0.740. The number of halogens is 3. The van der Waals surface area contributed by atoms with Gasteiger partial charge in [0.05, 0.1) is 6.42 Å². The molecule has 0 rings (SSSR count). The van der Waals surface area contributed by atoms with Crippen molar-refractivity contribution in [1.29, 1.82) is 0 Å². The standard InChI is InChI=1S/C8H13F3O2/c1-4-6(12)13-7(2,3)5-8(9,10)11/h4-5H2,1-3H3. The van der Waals surface area contributed by atoms with Crippen LogP contribution in [0, 0.1) is 0 Å². The summed E-state index contributed by atoms with van der Waals surface area (Å²) < 4.78 is 40.3. The van der Waals surface area contributed by atoms with Gasteiger partial charge in [-0.15, -0.1) is 0 Å². The maximum atomic E-state index is 11.9. The minimum Gasteiger partial charge on any atom is -0.459 e. The lowest BCUT2D eigenvalue weighted by Gasteiger charge is -2.25. The van der Waals surface area contributed by atoms with Crippen LogP contribution in [-0.4, -0.2) is 17.7 Å². The number of ether oxygens (including phenoxy) is 1. The molecule has 2 nitrogen and oxygen atoms in total. The van der Waals surface area contributed by atoms with Crippen LogP contribution < -0.4 is 0 Å². The first kappa shape index (κ1) is 12.3. The fourth-order valence-corrected chi connectivity index (χ4v) is 0.899. The van der Waals surface area contributed by atoms with Gasteiger partial charge in [-0.25, -0.2) is 0 Å². The molecule has 0 bridgehead atoms. The molecule has 0 radical (unpaired) electrons. The van der Waals surface area contributed by atoms with Gasteiger partial charge < -0.3 is 4.74 Å². The third-order valence-corrected chi connectivity index (χ3v) is 1.30. The summed E-state index contributed by atoms with van der Waals surface area (Å²) in [5, 5.41) is 0. The highest BCUT2D eigenvalue weighted by atomic mass is 19.4. The Morgan fingerprint density at radius 3 is 2.08 bits per heavy atom. The van der Waals surface area contributed by atoms with Crippen LogP contribution in [0.15, 0.2) is 0 Å². The lowest BCUT2D eigenvalue weighted by Crippen LogP contribution is -2.33. The monoisotopic (exact) mass is 198 g/mol. The van der Waals surface area contributed by atoms with E-state index in [-0.39, 0.29) is 6.42 Å². The molecule has 0 spiro atoms. The zero-order valence-electron chi connectivity index (χ0n) is 7.86. The summed E-state index contributed by atoms with van der Waals surface area (Å²) in [5.74, 6) is -0.616. The van der Waals surface area contributed by atoms with Crippen molar-refractivity contribution < 1.29 is 22.7 Å². The van der Waals surface area contributed by atoms with Crippen molar-refractivity contribution in [2.75, 3.05) is 0 Å². The molecule has 0 amide bonds. The summed E-state index contributed by atoms with van der Waals surface area (Å²) in [7, 11) is 0. The first-order valence-corrected chi connectivity index (χ1v) is 3.95. The van der Waals surface area contributed by atoms with Gasteiger partial charge >= 0.3 is 12.1 Å². The third-order valence-electron chi connectivity index (χ3n) is 1.30. The van der Waals surface area contributed by atoms with Crippen molar-refractivity contribution in [3.05, 3.63) is 0 Å². The topological polar surface area (TPSA) is 26.3 Å². The molecule has 0 aromatic heterocycles. The van der Waals surface area contributed by atoms with E-state index in [4.69, 9.17) is 0 Å². The molecule has 0 atom stereocenters. The minimum atomic E-state index is -4.31. The van der Waals surface area contributed by atoms with E-state index in [1.807, 2.05) is 0 Å². The van der Waals surface area contributed by atoms with E-state index < -0.39 is 24.2 Å². The van der Waals surface area contributed by atoms with Gasteiger partial charge in [-0.05, 0) is 13.8 Å². The van der Waals surface area contributed by atoms with Gasteiger partial charge in [0.25, 0.3) is 0 Å². The average molecular weight is 198 g/mol. The largest absolute Gasteiger partial charge is 0.459 e. The summed E-state index contributed by atoms with van der Waals surface area (Å²) >= 11 is 0. The highest BCUT2D eigenvalue weighted by Gasteiger charge is 2.38. The van der Waals surface area contributed by atoms with Crippen LogP contribution in [0.4, 0.5) is 13.2 Å². The minimum absolute atomic E-state index is 0.0846. The number of hydrogen-bond acceptors (Lipinski definition) is 2. The summed E-state index contributed by atoms with van der Waals surface area (Å²) in [5.41, 5.74) is -1.47. The summed E-state index contributed by atoms with van der Waals surface area (Å²) in [6.07, 6.45) is -5.34. The van der Waals surface area contributed by atoms with E-state index in [0.717, 1.165) is 0 Å². The first-order valence-electron chi connectivity index (χ1n) is 3.95. The normalized spacial score (nSPS) is 12.8. The molecule has 0 aliphatic rings. The van der Waals surface area contributed by atoms with Gasteiger partial charge in [-0.1, -0.05) is 6.92 Å². The summed E-state index contributed by atoms with van der Waals surface area (Å²) in [4.78, 5) is 10.7. The van der Waals surface area contributed by atoms with Crippen molar-refractivity contribution in [3.8, 4) is 0 Å². The number of carbonyl (C=O) groups excluding carboxylic acids is 1. The zero-order chi connectivity index (χ0) is 10.7. The molecule has 0 N–H and O–H groups in total. The molecular weight excluding hydrogens is 185 g/mol. The Kier molecular flexibility index (Phi) is 3.75. The molecular formula is C8H13F3O2. The highest BCUT2D eigenvalue weighted by molar-refractivity contribution is 5.69. The molecule has 0 aliphatic carbocycles. The summed E-state index contributed by atoms with van der Waals surface area (Å²) in [6, 6.07) is 0. The Morgan fingerprint density at radius 2 is 1.77 bits per heavy atom.